The molecule has 8 nitrogen and oxygen atoms in total. The lowest BCUT2D eigenvalue weighted by molar-refractivity contribution is 0.212. The van der Waals surface area contributed by atoms with Crippen molar-refractivity contribution >= 4 is 33.3 Å². The van der Waals surface area contributed by atoms with Crippen LogP contribution in [0.15, 0.2) is 36.8 Å². The van der Waals surface area contributed by atoms with Gasteiger partial charge >= 0.3 is 0 Å². The lowest BCUT2D eigenvalue weighted by Gasteiger charge is -2.28. The largest absolute Gasteiger partial charge is 0.497 e. The Morgan fingerprint density at radius 1 is 1.21 bits per heavy atom. The number of aromatic amines is 1. The van der Waals surface area contributed by atoms with E-state index in [1.54, 1.807) is 7.11 Å². The van der Waals surface area contributed by atoms with Gasteiger partial charge in [0.1, 0.15) is 11.3 Å². The normalized spacial score (nSPS) is 16.1. The molecule has 0 saturated carbocycles. The van der Waals surface area contributed by atoms with E-state index in [4.69, 9.17) is 9.72 Å². The minimum absolute atomic E-state index is 0.453. The Balaban J connectivity index is 1.47. The topological polar surface area (TPSA) is 83.9 Å². The predicted molar refractivity (Wildman–Crippen MR) is 109 cm³/mol. The molecule has 144 valence electrons. The number of anilines is 2. The average molecular weight is 377 g/mol. The first-order chi connectivity index (χ1) is 13.7. The van der Waals surface area contributed by atoms with Gasteiger partial charge in [-0.1, -0.05) is 0 Å². The van der Waals surface area contributed by atoms with E-state index in [-0.39, 0.29) is 0 Å². The summed E-state index contributed by atoms with van der Waals surface area (Å²) in [6, 6.07) is 6.33. The van der Waals surface area contributed by atoms with Gasteiger partial charge in [0.15, 0.2) is 5.82 Å². The van der Waals surface area contributed by atoms with Crippen LogP contribution in [0.5, 0.6) is 5.75 Å². The molecule has 0 radical (unpaired) electrons. The summed E-state index contributed by atoms with van der Waals surface area (Å²) in [6.45, 7) is 2.22. The number of aromatic nitrogens is 5. The van der Waals surface area contributed by atoms with Gasteiger partial charge in [0.05, 0.1) is 30.6 Å². The van der Waals surface area contributed by atoms with Crippen molar-refractivity contribution in [2.75, 3.05) is 32.6 Å². The molecule has 1 fully saturated rings. The number of nitrogens with one attached hydrogen (secondary N) is 2. The Kier molecular flexibility index (Phi) is 4.12. The molecule has 0 atom stereocenters. The molecule has 4 aromatic rings. The third-order valence-corrected chi connectivity index (χ3v) is 5.52. The van der Waals surface area contributed by atoms with Crippen molar-refractivity contribution in [1.29, 1.82) is 0 Å². The number of H-pyrrole nitrogens is 1. The Morgan fingerprint density at radius 3 is 2.89 bits per heavy atom. The van der Waals surface area contributed by atoms with Crippen LogP contribution in [0, 0.1) is 0 Å². The van der Waals surface area contributed by atoms with Crippen LogP contribution in [0.4, 0.5) is 11.5 Å². The average Bonchev–Trinajstić information content (AvgIpc) is 3.38. The van der Waals surface area contributed by atoms with Gasteiger partial charge in [-0.15, -0.1) is 0 Å². The van der Waals surface area contributed by atoms with Gasteiger partial charge in [-0.2, -0.15) is 10.2 Å². The fourth-order valence-corrected chi connectivity index (χ4v) is 3.89. The summed E-state index contributed by atoms with van der Waals surface area (Å²) in [5, 5.41) is 17.4. The van der Waals surface area contributed by atoms with Crippen molar-refractivity contribution in [2.24, 2.45) is 0 Å². The van der Waals surface area contributed by atoms with Gasteiger partial charge in [0.2, 0.25) is 0 Å². The first-order valence-electron chi connectivity index (χ1n) is 9.52. The van der Waals surface area contributed by atoms with E-state index in [1.807, 2.05) is 30.6 Å². The second-order valence-electron chi connectivity index (χ2n) is 7.36. The molecule has 4 heterocycles. The van der Waals surface area contributed by atoms with E-state index in [0.29, 0.717) is 6.04 Å². The molecule has 1 aromatic carbocycles. The van der Waals surface area contributed by atoms with Gasteiger partial charge in [0.25, 0.3) is 0 Å². The molecule has 3 aromatic heterocycles. The smallest absolute Gasteiger partial charge is 0.159 e. The molecular weight excluding hydrogens is 354 g/mol. The fraction of sp³-hybridized carbons (Fsp3) is 0.350. The van der Waals surface area contributed by atoms with Gasteiger partial charge in [-0.3, -0.25) is 9.78 Å². The maximum absolute atomic E-state index is 5.35. The summed E-state index contributed by atoms with van der Waals surface area (Å²) in [6.07, 6.45) is 8.06. The monoisotopic (exact) mass is 377 g/mol. The molecule has 28 heavy (non-hydrogen) atoms. The van der Waals surface area contributed by atoms with Crippen molar-refractivity contribution in [3.8, 4) is 5.75 Å². The molecule has 1 aliphatic heterocycles. The number of benzene rings is 1. The Bertz CT molecular complexity index is 1120. The van der Waals surface area contributed by atoms with E-state index in [9.17, 15) is 0 Å². The number of pyridine rings is 1. The molecule has 0 amide bonds. The molecule has 0 unspecified atom stereocenters. The van der Waals surface area contributed by atoms with Crippen molar-refractivity contribution in [1.82, 2.24) is 29.9 Å². The lowest BCUT2D eigenvalue weighted by atomic mass is 10.1. The van der Waals surface area contributed by atoms with Crippen LogP contribution in [0.3, 0.4) is 0 Å². The third-order valence-electron chi connectivity index (χ3n) is 5.52. The number of piperidine rings is 1. The van der Waals surface area contributed by atoms with Crippen molar-refractivity contribution in [3.63, 3.8) is 0 Å². The first-order valence-corrected chi connectivity index (χ1v) is 9.52. The number of methoxy groups -OCH3 is 1. The molecule has 0 spiro atoms. The molecular formula is C20H23N7O. The van der Waals surface area contributed by atoms with E-state index in [0.717, 1.165) is 65.0 Å². The van der Waals surface area contributed by atoms with Crippen LogP contribution >= 0.6 is 0 Å². The molecule has 2 N–H and O–H groups in total. The molecule has 0 aliphatic carbocycles. The van der Waals surface area contributed by atoms with E-state index >= 15 is 0 Å². The van der Waals surface area contributed by atoms with Crippen molar-refractivity contribution < 1.29 is 4.74 Å². The second-order valence-corrected chi connectivity index (χ2v) is 7.36. The zero-order chi connectivity index (χ0) is 19.1. The summed E-state index contributed by atoms with van der Waals surface area (Å²) < 4.78 is 7.43. The van der Waals surface area contributed by atoms with Gasteiger partial charge in [0, 0.05) is 23.2 Å². The Morgan fingerprint density at radius 2 is 2.07 bits per heavy atom. The van der Waals surface area contributed by atoms with Gasteiger partial charge in [-0.05, 0) is 51.2 Å². The summed E-state index contributed by atoms with van der Waals surface area (Å²) >= 11 is 0. The number of likely N-dealkylation sites (tertiary alicyclic amines) is 1. The second kappa shape index (κ2) is 6.79. The number of hydrogen-bond acceptors (Lipinski definition) is 6. The zero-order valence-electron chi connectivity index (χ0n) is 16.0. The molecule has 1 aliphatic rings. The zero-order valence-corrected chi connectivity index (χ0v) is 16.0. The lowest BCUT2D eigenvalue weighted by Crippen LogP contribution is -2.31. The highest BCUT2D eigenvalue weighted by Crippen LogP contribution is 2.32. The quantitative estimate of drug-likeness (QED) is 0.568. The molecule has 8 heteroatoms. The van der Waals surface area contributed by atoms with Gasteiger partial charge < -0.3 is 15.0 Å². The highest BCUT2D eigenvalue weighted by Gasteiger charge is 2.19. The Labute approximate surface area is 162 Å². The van der Waals surface area contributed by atoms with Gasteiger partial charge in [-0.25, -0.2) is 4.98 Å². The van der Waals surface area contributed by atoms with Crippen LogP contribution in [0.2, 0.25) is 0 Å². The molecule has 5 rings (SSSR count). The van der Waals surface area contributed by atoms with Crippen LogP contribution in [-0.2, 0) is 0 Å². The van der Waals surface area contributed by atoms with Crippen LogP contribution in [0.25, 0.3) is 21.8 Å². The highest BCUT2D eigenvalue weighted by molar-refractivity contribution is 6.09. The highest BCUT2D eigenvalue weighted by atomic mass is 16.5. The van der Waals surface area contributed by atoms with Crippen molar-refractivity contribution in [3.05, 3.63) is 36.8 Å². The minimum atomic E-state index is 0.453. The summed E-state index contributed by atoms with van der Waals surface area (Å²) in [5.74, 6) is 1.52. The maximum atomic E-state index is 5.35. The number of nitrogens with zero attached hydrogens (tertiary/aromatic N) is 5. The van der Waals surface area contributed by atoms with E-state index in [2.05, 4.69) is 43.4 Å². The first kappa shape index (κ1) is 17.0. The summed E-state index contributed by atoms with van der Waals surface area (Å²) in [5.41, 5.74) is 2.61. The number of hydrogen-bond donors (Lipinski definition) is 2. The maximum Gasteiger partial charge on any atom is 0.159 e. The Hall–Kier alpha value is -3.13. The summed E-state index contributed by atoms with van der Waals surface area (Å²) in [7, 11) is 3.83. The fourth-order valence-electron chi connectivity index (χ4n) is 3.89. The predicted octanol–water partition coefficient (Wildman–Crippen LogP) is 3.33. The third kappa shape index (κ3) is 2.95. The SMILES string of the molecule is COc1ccc2nc(Nc3cnn(C4CCN(C)CC4)c3)c3n[nH]cc3c2c1. The summed E-state index contributed by atoms with van der Waals surface area (Å²) in [4.78, 5) is 7.15. The van der Waals surface area contributed by atoms with Crippen LogP contribution < -0.4 is 10.1 Å². The van der Waals surface area contributed by atoms with Crippen LogP contribution in [0.1, 0.15) is 18.9 Å². The van der Waals surface area contributed by atoms with E-state index in [1.165, 1.54) is 0 Å². The number of rotatable bonds is 4. The molecule has 0 bridgehead atoms. The number of ether oxygens (including phenoxy) is 1. The standard InChI is InChI=1S/C20H23N7O/c1-26-7-5-14(6-8-26)27-12-13(10-22-27)23-20-19-17(11-21-25-19)16-9-15(28-2)3-4-18(16)24-20/h3-4,9-12,14H,5-8H2,1-2H3,(H,21,25)(H,23,24). The van der Waals surface area contributed by atoms with E-state index < -0.39 is 0 Å². The minimum Gasteiger partial charge on any atom is -0.497 e. The van der Waals surface area contributed by atoms with Crippen molar-refractivity contribution in [2.45, 2.75) is 18.9 Å². The van der Waals surface area contributed by atoms with Crippen LogP contribution in [-0.4, -0.2) is 57.1 Å². The molecule has 1 saturated heterocycles. The number of fused-ring (bicyclic) bond motifs is 3.